The number of urea groups is 1. The van der Waals surface area contributed by atoms with E-state index < -0.39 is 6.03 Å². The first-order valence-corrected chi connectivity index (χ1v) is 8.80. The molecule has 0 bridgehead atoms. The fourth-order valence-electron chi connectivity index (χ4n) is 2.82. The van der Waals surface area contributed by atoms with Gasteiger partial charge < -0.3 is 10.1 Å². The van der Waals surface area contributed by atoms with Crippen LogP contribution in [0.1, 0.15) is 23.9 Å². The van der Waals surface area contributed by atoms with E-state index in [4.69, 9.17) is 4.74 Å². The normalized spacial score (nSPS) is 10.6. The number of methoxy groups -OCH3 is 1. The van der Waals surface area contributed by atoms with Gasteiger partial charge in [0, 0.05) is 23.0 Å². The van der Waals surface area contributed by atoms with E-state index in [1.54, 1.807) is 51.3 Å². The van der Waals surface area contributed by atoms with Gasteiger partial charge in [-0.3, -0.25) is 15.1 Å². The average molecular weight is 382 g/mol. The Balaban J connectivity index is 1.84. The minimum absolute atomic E-state index is 0.216. The predicted octanol–water partition coefficient (Wildman–Crippen LogP) is 2.79. The molecular weight excluding hydrogens is 360 g/mol. The molecule has 0 fully saturated rings. The van der Waals surface area contributed by atoms with Crippen LogP contribution in [-0.4, -0.2) is 32.9 Å². The summed E-state index contributed by atoms with van der Waals surface area (Å²) in [5.74, 6) is 1.32. The summed E-state index contributed by atoms with van der Waals surface area (Å²) in [6, 6.07) is 8.19. The van der Waals surface area contributed by atoms with Crippen LogP contribution in [0.25, 0.3) is 5.95 Å². The van der Waals surface area contributed by atoms with Gasteiger partial charge >= 0.3 is 6.03 Å². The maximum Gasteiger partial charge on any atom is 0.324 e. The van der Waals surface area contributed by atoms with Crippen LogP contribution in [0.5, 0.6) is 5.75 Å². The highest BCUT2D eigenvalue weighted by Gasteiger charge is 2.15. The number of amides is 2. The van der Waals surface area contributed by atoms with Crippen LogP contribution >= 0.6 is 0 Å². The third-order valence-corrected chi connectivity index (χ3v) is 4.18. The number of aromatic nitrogens is 4. The largest absolute Gasteiger partial charge is 0.497 e. The summed E-state index contributed by atoms with van der Waals surface area (Å²) < 4.78 is 6.50. The zero-order valence-electron chi connectivity index (χ0n) is 16.2. The standard InChI is InChI=1S/C19H22N6O3/c1-5-15-12(3)20-18(23-17(15)26)25-16(10-11(2)24-25)22-19(27)21-13-6-8-14(28-4)9-7-13/h6-10H,5H2,1-4H3,(H,20,23,26)(H2,21,22,27). The molecule has 0 aliphatic carbocycles. The number of benzene rings is 1. The molecule has 28 heavy (non-hydrogen) atoms. The van der Waals surface area contributed by atoms with Gasteiger partial charge in [-0.15, -0.1) is 0 Å². The van der Waals surface area contributed by atoms with Gasteiger partial charge in [0.05, 0.1) is 12.8 Å². The summed E-state index contributed by atoms with van der Waals surface area (Å²) in [6.07, 6.45) is 0.585. The van der Waals surface area contributed by atoms with Crippen LogP contribution in [-0.2, 0) is 6.42 Å². The Morgan fingerprint density at radius 2 is 1.93 bits per heavy atom. The highest BCUT2D eigenvalue weighted by atomic mass is 16.5. The lowest BCUT2D eigenvalue weighted by Crippen LogP contribution is -2.24. The van der Waals surface area contributed by atoms with Crippen LogP contribution < -0.4 is 20.9 Å². The number of carbonyl (C=O) groups excluding carboxylic acids is 1. The average Bonchev–Trinajstić information content (AvgIpc) is 3.02. The van der Waals surface area contributed by atoms with Crippen molar-refractivity contribution in [2.24, 2.45) is 0 Å². The molecule has 3 aromatic rings. The Morgan fingerprint density at radius 3 is 2.54 bits per heavy atom. The van der Waals surface area contributed by atoms with Crippen LogP contribution in [0.15, 0.2) is 35.1 Å². The van der Waals surface area contributed by atoms with Gasteiger partial charge in [0.25, 0.3) is 5.56 Å². The zero-order valence-corrected chi connectivity index (χ0v) is 16.2. The van der Waals surface area contributed by atoms with Gasteiger partial charge in [0.15, 0.2) is 0 Å². The number of aryl methyl sites for hydroxylation is 2. The van der Waals surface area contributed by atoms with E-state index in [-0.39, 0.29) is 11.5 Å². The molecule has 0 aliphatic heterocycles. The monoisotopic (exact) mass is 382 g/mol. The molecule has 0 aliphatic rings. The molecule has 0 radical (unpaired) electrons. The predicted molar refractivity (Wildman–Crippen MR) is 106 cm³/mol. The van der Waals surface area contributed by atoms with E-state index in [1.165, 1.54) is 4.68 Å². The van der Waals surface area contributed by atoms with Gasteiger partial charge in [-0.25, -0.2) is 9.78 Å². The van der Waals surface area contributed by atoms with Crippen molar-refractivity contribution < 1.29 is 9.53 Å². The van der Waals surface area contributed by atoms with E-state index in [2.05, 4.69) is 25.7 Å². The maximum absolute atomic E-state index is 12.4. The summed E-state index contributed by atoms with van der Waals surface area (Å²) in [5, 5.41) is 9.79. The first kappa shape index (κ1) is 19.2. The van der Waals surface area contributed by atoms with Crippen molar-refractivity contribution in [3.63, 3.8) is 0 Å². The smallest absolute Gasteiger partial charge is 0.324 e. The van der Waals surface area contributed by atoms with E-state index in [1.807, 2.05) is 6.92 Å². The van der Waals surface area contributed by atoms with E-state index in [0.717, 1.165) is 0 Å². The summed E-state index contributed by atoms with van der Waals surface area (Å²) >= 11 is 0. The van der Waals surface area contributed by atoms with Crippen molar-refractivity contribution in [3.05, 3.63) is 57.6 Å². The Kier molecular flexibility index (Phi) is 5.44. The Hall–Kier alpha value is -3.62. The second kappa shape index (κ2) is 7.95. The summed E-state index contributed by atoms with van der Waals surface area (Å²) in [7, 11) is 1.58. The van der Waals surface area contributed by atoms with Gasteiger partial charge in [0.2, 0.25) is 5.95 Å². The number of ether oxygens (including phenoxy) is 1. The van der Waals surface area contributed by atoms with Gasteiger partial charge in [-0.05, 0) is 44.5 Å². The minimum Gasteiger partial charge on any atom is -0.497 e. The number of nitrogens with one attached hydrogen (secondary N) is 3. The Morgan fingerprint density at radius 1 is 1.21 bits per heavy atom. The first-order chi connectivity index (χ1) is 13.4. The molecule has 146 valence electrons. The molecule has 2 amide bonds. The van der Waals surface area contributed by atoms with Crippen LogP contribution in [0.3, 0.4) is 0 Å². The van der Waals surface area contributed by atoms with Gasteiger partial charge in [-0.2, -0.15) is 9.78 Å². The number of anilines is 2. The zero-order chi connectivity index (χ0) is 20.3. The first-order valence-electron chi connectivity index (χ1n) is 8.80. The van der Waals surface area contributed by atoms with Crippen molar-refractivity contribution in [2.75, 3.05) is 17.7 Å². The lowest BCUT2D eigenvalue weighted by Gasteiger charge is -2.11. The van der Waals surface area contributed by atoms with Crippen LogP contribution in [0, 0.1) is 13.8 Å². The molecule has 1 aromatic carbocycles. The van der Waals surface area contributed by atoms with E-state index in [9.17, 15) is 9.59 Å². The van der Waals surface area contributed by atoms with Crippen molar-refractivity contribution >= 4 is 17.5 Å². The van der Waals surface area contributed by atoms with Crippen molar-refractivity contribution in [1.82, 2.24) is 19.7 Å². The van der Waals surface area contributed by atoms with Crippen LogP contribution in [0.4, 0.5) is 16.3 Å². The minimum atomic E-state index is -0.449. The summed E-state index contributed by atoms with van der Waals surface area (Å²) in [4.78, 5) is 31.8. The SMILES string of the molecule is CCc1c(C)nc(-n2nc(C)cc2NC(=O)Nc2ccc(OC)cc2)[nH]c1=O. The van der Waals surface area contributed by atoms with Gasteiger partial charge in [-0.1, -0.05) is 6.92 Å². The second-order valence-electron chi connectivity index (χ2n) is 6.20. The topological polar surface area (TPSA) is 114 Å². The van der Waals surface area contributed by atoms with Gasteiger partial charge in [0.1, 0.15) is 11.6 Å². The number of nitrogens with zero attached hydrogens (tertiary/aromatic N) is 3. The lowest BCUT2D eigenvalue weighted by atomic mass is 10.2. The molecule has 0 unspecified atom stereocenters. The summed E-state index contributed by atoms with van der Waals surface area (Å²) in [6.45, 7) is 5.46. The van der Waals surface area contributed by atoms with Crippen molar-refractivity contribution in [2.45, 2.75) is 27.2 Å². The Bertz CT molecular complexity index is 1050. The van der Waals surface area contributed by atoms with Crippen molar-refractivity contribution in [3.8, 4) is 11.7 Å². The Labute approximate surface area is 161 Å². The molecule has 2 aromatic heterocycles. The van der Waals surface area contributed by atoms with Crippen LogP contribution in [0.2, 0.25) is 0 Å². The van der Waals surface area contributed by atoms with E-state index in [0.29, 0.717) is 40.6 Å². The molecule has 9 heteroatoms. The number of H-pyrrole nitrogens is 1. The molecule has 0 spiro atoms. The molecule has 0 saturated carbocycles. The molecule has 3 rings (SSSR count). The second-order valence-corrected chi connectivity index (χ2v) is 6.20. The lowest BCUT2D eigenvalue weighted by molar-refractivity contribution is 0.262. The molecule has 3 N–H and O–H groups in total. The van der Waals surface area contributed by atoms with Crippen molar-refractivity contribution in [1.29, 1.82) is 0 Å². The maximum atomic E-state index is 12.4. The molecule has 0 saturated heterocycles. The summed E-state index contributed by atoms with van der Waals surface area (Å²) in [5.41, 5.74) is 2.31. The van der Waals surface area contributed by atoms with E-state index >= 15 is 0 Å². The fraction of sp³-hybridized carbons (Fsp3) is 0.263. The molecule has 9 nitrogen and oxygen atoms in total. The highest BCUT2D eigenvalue weighted by molar-refractivity contribution is 5.99. The fourth-order valence-corrected chi connectivity index (χ4v) is 2.82. The number of aromatic amines is 1. The molecule has 2 heterocycles. The molecular formula is C19H22N6O3. The number of hydrogen-bond acceptors (Lipinski definition) is 5. The third-order valence-electron chi connectivity index (χ3n) is 4.18. The number of carbonyl (C=O) groups is 1. The molecule has 0 atom stereocenters. The third kappa shape index (κ3) is 4.03. The number of hydrogen-bond donors (Lipinski definition) is 3. The number of rotatable bonds is 5. The highest BCUT2D eigenvalue weighted by Crippen LogP contribution is 2.17. The quantitative estimate of drug-likeness (QED) is 0.628.